The van der Waals surface area contributed by atoms with Gasteiger partial charge in [-0.1, -0.05) is 19.8 Å². The summed E-state index contributed by atoms with van der Waals surface area (Å²) in [6.45, 7) is 7.08. The van der Waals surface area contributed by atoms with Crippen LogP contribution in [0.5, 0.6) is 0 Å². The zero-order chi connectivity index (χ0) is 14.4. The van der Waals surface area contributed by atoms with Gasteiger partial charge in [-0.3, -0.25) is 19.4 Å². The minimum atomic E-state index is -0.221. The molecule has 0 radical (unpaired) electrons. The second kappa shape index (κ2) is 7.59. The molecule has 0 atom stereocenters. The maximum absolute atomic E-state index is 11.8. The third kappa shape index (κ3) is 6.34. The fraction of sp³-hybridized carbons (Fsp3) is 0.857. The molecule has 0 saturated carbocycles. The Morgan fingerprint density at radius 3 is 1.85 bits per heavy atom. The highest BCUT2D eigenvalue weighted by atomic mass is 16.2. The van der Waals surface area contributed by atoms with Gasteiger partial charge in [0.2, 0.25) is 11.8 Å². The summed E-state index contributed by atoms with van der Waals surface area (Å²) in [5.74, 6) is 0.0204. The van der Waals surface area contributed by atoms with Gasteiger partial charge in [0, 0.05) is 26.2 Å². The second-order valence-electron chi connectivity index (χ2n) is 5.74. The SMILES string of the molecule is CCCCCC(NC(=O)CN1CC1)NC(=O)CN1CC1. The standard InChI is InChI=1S/C14H26N4O2/c1-2-3-4-5-12(15-13(19)10-17-6-7-17)16-14(20)11-18-8-9-18/h12H,2-11H2,1H3,(H,15,19)(H,16,20). The molecule has 2 N–H and O–H groups in total. The van der Waals surface area contributed by atoms with Crippen LogP contribution in [0.15, 0.2) is 0 Å². The molecular weight excluding hydrogens is 256 g/mol. The number of unbranched alkanes of at least 4 members (excludes halogenated alkanes) is 2. The van der Waals surface area contributed by atoms with Crippen molar-refractivity contribution in [3.63, 3.8) is 0 Å². The van der Waals surface area contributed by atoms with Crippen molar-refractivity contribution < 1.29 is 9.59 Å². The minimum absolute atomic E-state index is 0.0102. The highest BCUT2D eigenvalue weighted by Gasteiger charge is 2.24. The fourth-order valence-corrected chi connectivity index (χ4v) is 2.12. The average Bonchev–Trinajstić information content (AvgIpc) is 3.25. The van der Waals surface area contributed by atoms with E-state index in [-0.39, 0.29) is 18.0 Å². The summed E-state index contributed by atoms with van der Waals surface area (Å²) in [7, 11) is 0. The van der Waals surface area contributed by atoms with Crippen LogP contribution in [0, 0.1) is 0 Å². The van der Waals surface area contributed by atoms with Gasteiger partial charge >= 0.3 is 0 Å². The van der Waals surface area contributed by atoms with Crippen LogP contribution in [0.1, 0.15) is 32.6 Å². The predicted octanol–water partition coefficient (Wildman–Crippen LogP) is -0.244. The van der Waals surface area contributed by atoms with Gasteiger partial charge in [-0.05, 0) is 12.8 Å². The monoisotopic (exact) mass is 282 g/mol. The van der Waals surface area contributed by atoms with Crippen molar-refractivity contribution in [2.45, 2.75) is 38.8 Å². The number of rotatable bonds is 10. The zero-order valence-electron chi connectivity index (χ0n) is 12.4. The fourth-order valence-electron chi connectivity index (χ4n) is 2.12. The summed E-state index contributed by atoms with van der Waals surface area (Å²) in [4.78, 5) is 27.8. The van der Waals surface area contributed by atoms with Crippen molar-refractivity contribution in [3.8, 4) is 0 Å². The molecule has 6 nitrogen and oxygen atoms in total. The van der Waals surface area contributed by atoms with Crippen LogP contribution < -0.4 is 10.6 Å². The van der Waals surface area contributed by atoms with Gasteiger partial charge in [-0.2, -0.15) is 0 Å². The Labute approximate surface area is 120 Å². The Hall–Kier alpha value is -1.14. The summed E-state index contributed by atoms with van der Waals surface area (Å²) < 4.78 is 0. The van der Waals surface area contributed by atoms with E-state index >= 15 is 0 Å². The predicted molar refractivity (Wildman–Crippen MR) is 77.1 cm³/mol. The normalized spacial score (nSPS) is 18.1. The van der Waals surface area contributed by atoms with Gasteiger partial charge in [0.1, 0.15) is 6.17 Å². The summed E-state index contributed by atoms with van der Waals surface area (Å²) in [6, 6.07) is 0. The molecule has 0 unspecified atom stereocenters. The van der Waals surface area contributed by atoms with Gasteiger partial charge in [0.05, 0.1) is 13.1 Å². The van der Waals surface area contributed by atoms with E-state index < -0.39 is 0 Å². The zero-order valence-corrected chi connectivity index (χ0v) is 12.4. The van der Waals surface area contributed by atoms with E-state index in [1.54, 1.807) is 0 Å². The van der Waals surface area contributed by atoms with Gasteiger partial charge < -0.3 is 10.6 Å². The first-order chi connectivity index (χ1) is 9.67. The molecule has 0 aliphatic carbocycles. The molecule has 2 aliphatic heterocycles. The molecule has 2 heterocycles. The van der Waals surface area contributed by atoms with E-state index in [2.05, 4.69) is 27.4 Å². The molecule has 2 amide bonds. The van der Waals surface area contributed by atoms with Crippen molar-refractivity contribution in [3.05, 3.63) is 0 Å². The molecule has 2 fully saturated rings. The lowest BCUT2D eigenvalue weighted by Crippen LogP contribution is -2.50. The first-order valence-electron chi connectivity index (χ1n) is 7.71. The lowest BCUT2D eigenvalue weighted by atomic mass is 10.1. The second-order valence-corrected chi connectivity index (χ2v) is 5.74. The van der Waals surface area contributed by atoms with E-state index in [0.29, 0.717) is 13.1 Å². The van der Waals surface area contributed by atoms with Crippen LogP contribution in [0.25, 0.3) is 0 Å². The molecule has 0 aromatic heterocycles. The van der Waals surface area contributed by atoms with Crippen molar-refractivity contribution >= 4 is 11.8 Å². The van der Waals surface area contributed by atoms with Crippen molar-refractivity contribution in [2.24, 2.45) is 0 Å². The molecule has 20 heavy (non-hydrogen) atoms. The third-order valence-corrected chi connectivity index (χ3v) is 3.58. The Kier molecular flexibility index (Phi) is 5.79. The van der Waals surface area contributed by atoms with E-state index in [4.69, 9.17) is 0 Å². The van der Waals surface area contributed by atoms with Crippen LogP contribution in [-0.2, 0) is 9.59 Å². The molecule has 2 rings (SSSR count). The minimum Gasteiger partial charge on any atom is -0.335 e. The number of nitrogens with one attached hydrogen (secondary N) is 2. The summed E-state index contributed by atoms with van der Waals surface area (Å²) in [5, 5.41) is 5.88. The number of carbonyl (C=O) groups is 2. The molecule has 2 aliphatic rings. The van der Waals surface area contributed by atoms with Crippen molar-refractivity contribution in [2.75, 3.05) is 39.3 Å². The van der Waals surface area contributed by atoms with E-state index in [0.717, 1.165) is 51.9 Å². The van der Waals surface area contributed by atoms with Crippen LogP contribution >= 0.6 is 0 Å². The summed E-state index contributed by atoms with van der Waals surface area (Å²) in [5.41, 5.74) is 0. The number of carbonyl (C=O) groups excluding carboxylic acids is 2. The van der Waals surface area contributed by atoms with Crippen molar-refractivity contribution in [1.29, 1.82) is 0 Å². The van der Waals surface area contributed by atoms with Gasteiger partial charge in [-0.15, -0.1) is 0 Å². The van der Waals surface area contributed by atoms with Crippen LogP contribution in [0.2, 0.25) is 0 Å². The average molecular weight is 282 g/mol. The lowest BCUT2D eigenvalue weighted by Gasteiger charge is -2.20. The molecule has 0 aromatic rings. The van der Waals surface area contributed by atoms with Gasteiger partial charge in [-0.25, -0.2) is 0 Å². The van der Waals surface area contributed by atoms with E-state index in [1.807, 2.05) is 0 Å². The number of amides is 2. The maximum Gasteiger partial charge on any atom is 0.235 e. The first kappa shape index (κ1) is 15.3. The highest BCUT2D eigenvalue weighted by Crippen LogP contribution is 2.05. The van der Waals surface area contributed by atoms with Crippen LogP contribution in [0.4, 0.5) is 0 Å². The molecule has 2 saturated heterocycles. The first-order valence-corrected chi connectivity index (χ1v) is 7.71. The smallest absolute Gasteiger partial charge is 0.235 e. The molecular formula is C14H26N4O2. The Balaban J connectivity index is 1.71. The van der Waals surface area contributed by atoms with Crippen LogP contribution in [0.3, 0.4) is 0 Å². The molecule has 6 heteroatoms. The summed E-state index contributed by atoms with van der Waals surface area (Å²) in [6.07, 6.45) is 3.87. The Morgan fingerprint density at radius 2 is 1.45 bits per heavy atom. The third-order valence-electron chi connectivity index (χ3n) is 3.58. The van der Waals surface area contributed by atoms with Crippen molar-refractivity contribution in [1.82, 2.24) is 20.4 Å². The van der Waals surface area contributed by atoms with E-state index in [9.17, 15) is 9.59 Å². The summed E-state index contributed by atoms with van der Waals surface area (Å²) >= 11 is 0. The maximum atomic E-state index is 11.8. The molecule has 114 valence electrons. The Morgan fingerprint density at radius 1 is 0.950 bits per heavy atom. The highest BCUT2D eigenvalue weighted by molar-refractivity contribution is 5.81. The number of hydrogen-bond donors (Lipinski definition) is 2. The largest absolute Gasteiger partial charge is 0.335 e. The van der Waals surface area contributed by atoms with Gasteiger partial charge in [0.25, 0.3) is 0 Å². The molecule has 0 spiro atoms. The van der Waals surface area contributed by atoms with Gasteiger partial charge in [0.15, 0.2) is 0 Å². The topological polar surface area (TPSA) is 64.2 Å². The number of hydrogen-bond acceptors (Lipinski definition) is 4. The molecule has 0 bridgehead atoms. The van der Waals surface area contributed by atoms with E-state index in [1.165, 1.54) is 0 Å². The molecule has 0 aromatic carbocycles. The van der Waals surface area contributed by atoms with Crippen LogP contribution in [-0.4, -0.2) is 67.0 Å². The number of nitrogens with zero attached hydrogens (tertiary/aromatic N) is 2. The Bertz CT molecular complexity index is 312. The quantitative estimate of drug-likeness (QED) is 0.330. The lowest BCUT2D eigenvalue weighted by molar-refractivity contribution is -0.124.